The molecule has 1 aromatic carbocycles. The molecule has 1 rings (SSSR count). The third-order valence-corrected chi connectivity index (χ3v) is 2.46. The molecule has 21 heavy (non-hydrogen) atoms. The van der Waals surface area contributed by atoms with Crippen LogP contribution >= 0.6 is 0 Å². The number of carbonyl (C=O) groups is 2. The minimum atomic E-state index is -4.90. The van der Waals surface area contributed by atoms with Crippen molar-refractivity contribution in [3.8, 4) is 5.75 Å². The fourth-order valence-electron chi connectivity index (χ4n) is 1.58. The number of benzene rings is 1. The maximum Gasteiger partial charge on any atom is 0.471 e. The number of ether oxygens (including phenoxy) is 1. The summed E-state index contributed by atoms with van der Waals surface area (Å²) < 4.78 is 41.1. The maximum absolute atomic E-state index is 12.1. The van der Waals surface area contributed by atoms with Crippen LogP contribution in [0.15, 0.2) is 24.3 Å². The molecule has 0 saturated carbocycles. The second-order valence-electron chi connectivity index (χ2n) is 4.40. The molecule has 0 radical (unpaired) electrons. The van der Waals surface area contributed by atoms with Gasteiger partial charge in [0.2, 0.25) is 0 Å². The van der Waals surface area contributed by atoms with Crippen molar-refractivity contribution in [3.63, 3.8) is 0 Å². The molecule has 1 atom stereocenters. The second-order valence-corrected chi connectivity index (χ2v) is 4.40. The van der Waals surface area contributed by atoms with E-state index in [0.29, 0.717) is 11.3 Å². The first-order valence-corrected chi connectivity index (χ1v) is 5.99. The molecule has 0 aliphatic heterocycles. The first-order valence-electron chi connectivity index (χ1n) is 5.99. The molecule has 1 unspecified atom stereocenters. The molecule has 0 aliphatic rings. The largest absolute Gasteiger partial charge is 0.482 e. The Morgan fingerprint density at radius 1 is 1.29 bits per heavy atom. The van der Waals surface area contributed by atoms with Gasteiger partial charge in [0.15, 0.2) is 6.61 Å². The third kappa shape index (κ3) is 6.15. The standard InChI is InChI=1S/C13H14F3NO4/c1-8(17-12(20)13(14,15)16)6-9-2-4-10(5-3-9)21-7-11(18)19/h2-5,8H,6-7H2,1H3,(H,17,20)(H,18,19). The number of nitrogens with one attached hydrogen (secondary N) is 1. The van der Waals surface area contributed by atoms with E-state index in [4.69, 9.17) is 9.84 Å². The molecule has 116 valence electrons. The summed E-state index contributed by atoms with van der Waals surface area (Å²) >= 11 is 0. The van der Waals surface area contributed by atoms with Gasteiger partial charge in [0.25, 0.3) is 0 Å². The van der Waals surface area contributed by atoms with Gasteiger partial charge in [0.1, 0.15) is 5.75 Å². The van der Waals surface area contributed by atoms with Crippen LogP contribution in [0.2, 0.25) is 0 Å². The molecule has 0 aliphatic carbocycles. The summed E-state index contributed by atoms with van der Waals surface area (Å²) in [5.74, 6) is -2.74. The Labute approximate surface area is 118 Å². The van der Waals surface area contributed by atoms with Gasteiger partial charge in [-0.05, 0) is 31.0 Å². The van der Waals surface area contributed by atoms with Crippen LogP contribution in [0.1, 0.15) is 12.5 Å². The minimum Gasteiger partial charge on any atom is -0.482 e. The number of alkyl halides is 3. The van der Waals surface area contributed by atoms with Crippen molar-refractivity contribution in [3.05, 3.63) is 29.8 Å². The summed E-state index contributed by atoms with van der Waals surface area (Å²) in [6, 6.07) is 5.51. The molecular formula is C13H14F3NO4. The molecule has 0 fully saturated rings. The van der Waals surface area contributed by atoms with E-state index in [-0.39, 0.29) is 6.42 Å². The number of hydrogen-bond donors (Lipinski definition) is 2. The van der Waals surface area contributed by atoms with Crippen molar-refractivity contribution in [2.45, 2.75) is 25.6 Å². The number of amides is 1. The highest BCUT2D eigenvalue weighted by molar-refractivity contribution is 5.81. The Balaban J connectivity index is 2.51. The topological polar surface area (TPSA) is 75.6 Å². The van der Waals surface area contributed by atoms with E-state index >= 15 is 0 Å². The summed E-state index contributed by atoms with van der Waals surface area (Å²) in [6.07, 6.45) is -4.69. The number of carboxylic acid groups (broad SMARTS) is 1. The molecule has 1 aromatic rings. The van der Waals surface area contributed by atoms with Crippen LogP contribution in [0.3, 0.4) is 0 Å². The molecule has 0 saturated heterocycles. The van der Waals surface area contributed by atoms with Gasteiger partial charge in [0.05, 0.1) is 0 Å². The van der Waals surface area contributed by atoms with Crippen LogP contribution in [-0.4, -0.2) is 35.8 Å². The first-order chi connectivity index (χ1) is 9.68. The molecule has 8 heteroatoms. The summed E-state index contributed by atoms with van der Waals surface area (Å²) in [5, 5.41) is 10.3. The van der Waals surface area contributed by atoms with Crippen LogP contribution in [0.25, 0.3) is 0 Å². The van der Waals surface area contributed by atoms with Crippen molar-refractivity contribution in [2.75, 3.05) is 6.61 Å². The lowest BCUT2D eigenvalue weighted by Crippen LogP contribution is -2.42. The monoisotopic (exact) mass is 305 g/mol. The highest BCUT2D eigenvalue weighted by Gasteiger charge is 2.39. The number of carboxylic acids is 1. The Kier molecular flexibility index (Phi) is 5.57. The lowest BCUT2D eigenvalue weighted by Gasteiger charge is -2.15. The van der Waals surface area contributed by atoms with E-state index in [0.717, 1.165) is 0 Å². The van der Waals surface area contributed by atoms with Gasteiger partial charge in [-0.25, -0.2) is 4.79 Å². The van der Waals surface area contributed by atoms with Crippen molar-refractivity contribution < 1.29 is 32.6 Å². The summed E-state index contributed by atoms with van der Waals surface area (Å²) in [4.78, 5) is 21.1. The van der Waals surface area contributed by atoms with Crippen molar-refractivity contribution in [1.29, 1.82) is 0 Å². The summed E-state index contributed by atoms with van der Waals surface area (Å²) in [7, 11) is 0. The zero-order valence-electron chi connectivity index (χ0n) is 11.1. The average Bonchev–Trinajstić information content (AvgIpc) is 2.36. The Morgan fingerprint density at radius 3 is 2.33 bits per heavy atom. The molecule has 0 spiro atoms. The zero-order chi connectivity index (χ0) is 16.0. The van der Waals surface area contributed by atoms with Crippen molar-refractivity contribution in [1.82, 2.24) is 5.32 Å². The fraction of sp³-hybridized carbons (Fsp3) is 0.385. The maximum atomic E-state index is 12.1. The van der Waals surface area contributed by atoms with Crippen LogP contribution in [-0.2, 0) is 16.0 Å². The molecule has 5 nitrogen and oxygen atoms in total. The summed E-state index contributed by atoms with van der Waals surface area (Å²) in [5.41, 5.74) is 0.688. The predicted molar refractivity (Wildman–Crippen MR) is 66.9 cm³/mol. The predicted octanol–water partition coefficient (Wildman–Crippen LogP) is 1.76. The third-order valence-electron chi connectivity index (χ3n) is 2.46. The van der Waals surface area contributed by atoms with E-state index in [1.54, 1.807) is 12.1 Å². The lowest BCUT2D eigenvalue weighted by atomic mass is 10.1. The number of aliphatic carboxylic acids is 1. The number of carbonyl (C=O) groups excluding carboxylic acids is 1. The highest BCUT2D eigenvalue weighted by atomic mass is 19.4. The van der Waals surface area contributed by atoms with Crippen LogP contribution in [0.5, 0.6) is 5.75 Å². The van der Waals surface area contributed by atoms with Gasteiger partial charge in [-0.15, -0.1) is 0 Å². The molecule has 0 aromatic heterocycles. The van der Waals surface area contributed by atoms with Crippen LogP contribution in [0, 0.1) is 0 Å². The van der Waals surface area contributed by atoms with Gasteiger partial charge in [-0.2, -0.15) is 13.2 Å². The zero-order valence-corrected chi connectivity index (χ0v) is 11.1. The molecule has 2 N–H and O–H groups in total. The SMILES string of the molecule is CC(Cc1ccc(OCC(=O)O)cc1)NC(=O)C(F)(F)F. The quantitative estimate of drug-likeness (QED) is 0.839. The Hall–Kier alpha value is -2.25. The highest BCUT2D eigenvalue weighted by Crippen LogP contribution is 2.16. The van der Waals surface area contributed by atoms with E-state index in [9.17, 15) is 22.8 Å². The number of rotatable bonds is 6. The van der Waals surface area contributed by atoms with Gasteiger partial charge in [0, 0.05) is 6.04 Å². The minimum absolute atomic E-state index is 0.209. The molecule has 0 heterocycles. The normalized spacial score (nSPS) is 12.6. The van der Waals surface area contributed by atoms with E-state index in [1.807, 2.05) is 5.32 Å². The van der Waals surface area contributed by atoms with Crippen LogP contribution in [0.4, 0.5) is 13.2 Å². The van der Waals surface area contributed by atoms with Gasteiger partial charge < -0.3 is 15.2 Å². The average molecular weight is 305 g/mol. The lowest BCUT2D eigenvalue weighted by molar-refractivity contribution is -0.174. The second kappa shape index (κ2) is 6.96. The van der Waals surface area contributed by atoms with E-state index in [1.165, 1.54) is 19.1 Å². The van der Waals surface area contributed by atoms with E-state index < -0.39 is 30.7 Å². The van der Waals surface area contributed by atoms with Gasteiger partial charge >= 0.3 is 18.1 Å². The van der Waals surface area contributed by atoms with E-state index in [2.05, 4.69) is 0 Å². The molecule has 1 amide bonds. The number of hydrogen-bond acceptors (Lipinski definition) is 3. The van der Waals surface area contributed by atoms with Crippen molar-refractivity contribution >= 4 is 11.9 Å². The first kappa shape index (κ1) is 16.8. The fourth-order valence-corrected chi connectivity index (χ4v) is 1.58. The Bertz CT molecular complexity index is 499. The number of halogens is 3. The van der Waals surface area contributed by atoms with Crippen LogP contribution < -0.4 is 10.1 Å². The smallest absolute Gasteiger partial charge is 0.471 e. The molecular weight excluding hydrogens is 291 g/mol. The van der Waals surface area contributed by atoms with Gasteiger partial charge in [-0.1, -0.05) is 12.1 Å². The summed E-state index contributed by atoms with van der Waals surface area (Å²) in [6.45, 7) is 0.982. The van der Waals surface area contributed by atoms with Crippen molar-refractivity contribution in [2.24, 2.45) is 0 Å². The Morgan fingerprint density at radius 2 is 1.86 bits per heavy atom. The van der Waals surface area contributed by atoms with Gasteiger partial charge in [-0.3, -0.25) is 4.79 Å². The molecule has 0 bridgehead atoms.